The second-order valence-corrected chi connectivity index (χ2v) is 11.3. The minimum atomic E-state index is -0.951. The molecule has 0 saturated heterocycles. The minimum absolute atomic E-state index is 0.166. The molecule has 0 aliphatic carbocycles. The SMILES string of the molecule is CC(C)(C)OC(=O)[C@H](CCCNC(=N)N)NC(=O)c1ccccc1N[C@@H](CCCNC(=N)N)C(=O)OC(C)(C)C. The lowest BCUT2D eigenvalue weighted by Crippen LogP contribution is -2.45. The van der Waals surface area contributed by atoms with Gasteiger partial charge >= 0.3 is 11.9 Å². The molecule has 0 fully saturated rings. The van der Waals surface area contributed by atoms with Gasteiger partial charge in [-0.1, -0.05) is 12.1 Å². The van der Waals surface area contributed by atoms with Crippen LogP contribution in [0.4, 0.5) is 5.69 Å². The van der Waals surface area contributed by atoms with Gasteiger partial charge in [-0.25, -0.2) is 9.59 Å². The Balaban J connectivity index is 3.14. The molecule has 10 N–H and O–H groups in total. The normalized spacial score (nSPS) is 12.8. The number of amides is 1. The number of anilines is 1. The number of hydrogen-bond acceptors (Lipinski definition) is 8. The van der Waals surface area contributed by atoms with E-state index in [0.29, 0.717) is 38.0 Å². The minimum Gasteiger partial charge on any atom is -0.458 e. The van der Waals surface area contributed by atoms with Crippen LogP contribution in [-0.4, -0.2) is 66.1 Å². The van der Waals surface area contributed by atoms with Crippen LogP contribution in [0.3, 0.4) is 0 Å². The summed E-state index contributed by atoms with van der Waals surface area (Å²) in [7, 11) is 0. The number of carbonyl (C=O) groups excluding carboxylic acids is 3. The van der Waals surface area contributed by atoms with Crippen LogP contribution in [0.15, 0.2) is 24.3 Å². The molecule has 2 atom stereocenters. The van der Waals surface area contributed by atoms with Crippen LogP contribution in [0, 0.1) is 10.8 Å². The van der Waals surface area contributed by atoms with Gasteiger partial charge in [-0.3, -0.25) is 15.6 Å². The van der Waals surface area contributed by atoms with Crippen LogP contribution in [-0.2, 0) is 19.1 Å². The molecule has 0 aromatic heterocycles. The highest BCUT2D eigenvalue weighted by atomic mass is 16.6. The van der Waals surface area contributed by atoms with E-state index in [0.717, 1.165) is 0 Å². The van der Waals surface area contributed by atoms with Gasteiger partial charge in [-0.15, -0.1) is 0 Å². The lowest BCUT2D eigenvalue weighted by Gasteiger charge is -2.26. The molecule has 40 heavy (non-hydrogen) atoms. The number of esters is 2. The number of ether oxygens (including phenoxy) is 2. The Bertz CT molecular complexity index is 1030. The van der Waals surface area contributed by atoms with Gasteiger partial charge in [0.2, 0.25) is 0 Å². The van der Waals surface area contributed by atoms with E-state index in [1.54, 1.807) is 65.8 Å². The number of carbonyl (C=O) groups is 3. The van der Waals surface area contributed by atoms with Crippen molar-refractivity contribution in [3.05, 3.63) is 29.8 Å². The second-order valence-electron chi connectivity index (χ2n) is 11.3. The van der Waals surface area contributed by atoms with Gasteiger partial charge < -0.3 is 42.2 Å². The van der Waals surface area contributed by atoms with Gasteiger partial charge in [-0.2, -0.15) is 0 Å². The van der Waals surface area contributed by atoms with Crippen LogP contribution >= 0.6 is 0 Å². The fraction of sp³-hybridized carbons (Fsp3) is 0.593. The van der Waals surface area contributed by atoms with Crippen molar-refractivity contribution in [2.45, 2.75) is 90.5 Å². The van der Waals surface area contributed by atoms with Gasteiger partial charge in [0.1, 0.15) is 23.3 Å². The van der Waals surface area contributed by atoms with Crippen molar-refractivity contribution < 1.29 is 23.9 Å². The summed E-state index contributed by atoms with van der Waals surface area (Å²) in [6, 6.07) is 4.92. The predicted octanol–water partition coefficient (Wildman–Crippen LogP) is 1.78. The first-order valence-electron chi connectivity index (χ1n) is 13.3. The van der Waals surface area contributed by atoms with Crippen LogP contribution < -0.4 is 32.7 Å². The molecule has 0 aliphatic rings. The number of para-hydroxylation sites is 1. The first kappa shape index (κ1) is 34.0. The van der Waals surface area contributed by atoms with Gasteiger partial charge in [-0.05, 0) is 79.4 Å². The van der Waals surface area contributed by atoms with E-state index in [4.69, 9.17) is 31.8 Å². The summed E-state index contributed by atoms with van der Waals surface area (Å²) in [6.45, 7) is 11.2. The van der Waals surface area contributed by atoms with Crippen molar-refractivity contribution in [2.24, 2.45) is 11.5 Å². The van der Waals surface area contributed by atoms with Gasteiger partial charge in [0, 0.05) is 18.8 Å². The summed E-state index contributed by atoms with van der Waals surface area (Å²) in [4.78, 5) is 39.3. The third-order valence-corrected chi connectivity index (χ3v) is 5.16. The topological polar surface area (TPSA) is 218 Å². The highest BCUT2D eigenvalue weighted by Gasteiger charge is 2.29. The van der Waals surface area contributed by atoms with Crippen LogP contribution in [0.25, 0.3) is 0 Å². The summed E-state index contributed by atoms with van der Waals surface area (Å²) in [5.41, 5.74) is 9.81. The largest absolute Gasteiger partial charge is 0.458 e. The quantitative estimate of drug-likeness (QED) is 0.0711. The van der Waals surface area contributed by atoms with Crippen molar-refractivity contribution in [2.75, 3.05) is 18.4 Å². The van der Waals surface area contributed by atoms with E-state index in [-0.39, 0.29) is 23.9 Å². The van der Waals surface area contributed by atoms with E-state index in [1.807, 2.05) is 0 Å². The average Bonchev–Trinajstić information content (AvgIpc) is 2.80. The van der Waals surface area contributed by atoms with Gasteiger partial charge in [0.15, 0.2) is 11.9 Å². The van der Waals surface area contributed by atoms with Gasteiger partial charge in [0.25, 0.3) is 5.91 Å². The number of hydrogen-bond donors (Lipinski definition) is 8. The number of rotatable bonds is 14. The molecule has 0 bridgehead atoms. The molecule has 0 aliphatic heterocycles. The Morgan fingerprint density at radius 2 is 1.25 bits per heavy atom. The van der Waals surface area contributed by atoms with Crippen LogP contribution in [0.1, 0.15) is 77.6 Å². The van der Waals surface area contributed by atoms with E-state index < -0.39 is 41.1 Å². The summed E-state index contributed by atoms with van der Waals surface area (Å²) in [5, 5.41) is 25.9. The lowest BCUT2D eigenvalue weighted by molar-refractivity contribution is -0.158. The summed E-state index contributed by atoms with van der Waals surface area (Å²) >= 11 is 0. The summed E-state index contributed by atoms with van der Waals surface area (Å²) in [6.07, 6.45) is 1.54. The molecule has 0 saturated carbocycles. The van der Waals surface area contributed by atoms with Crippen molar-refractivity contribution >= 4 is 35.5 Å². The zero-order valence-electron chi connectivity index (χ0n) is 24.4. The second kappa shape index (κ2) is 15.5. The maximum Gasteiger partial charge on any atom is 0.329 e. The first-order chi connectivity index (χ1) is 18.5. The molecule has 224 valence electrons. The molecule has 0 radical (unpaired) electrons. The van der Waals surface area contributed by atoms with Crippen molar-refractivity contribution in [1.29, 1.82) is 10.8 Å². The molecular formula is C27H46N8O5. The lowest BCUT2D eigenvalue weighted by atomic mass is 10.1. The molecule has 1 aromatic rings. The molecule has 0 spiro atoms. The highest BCUT2D eigenvalue weighted by Crippen LogP contribution is 2.20. The molecular weight excluding hydrogens is 516 g/mol. The zero-order chi connectivity index (χ0) is 30.5. The molecule has 1 amide bonds. The third kappa shape index (κ3) is 14.2. The smallest absolute Gasteiger partial charge is 0.329 e. The Hall–Kier alpha value is -4.03. The zero-order valence-corrected chi connectivity index (χ0v) is 24.4. The molecule has 1 aromatic carbocycles. The van der Waals surface area contributed by atoms with Gasteiger partial charge in [0.05, 0.1) is 5.56 Å². The van der Waals surface area contributed by atoms with Crippen LogP contribution in [0.2, 0.25) is 0 Å². The number of guanidine groups is 2. The third-order valence-electron chi connectivity index (χ3n) is 5.16. The number of nitrogens with one attached hydrogen (secondary N) is 6. The fourth-order valence-electron chi connectivity index (χ4n) is 3.53. The van der Waals surface area contributed by atoms with E-state index in [9.17, 15) is 14.4 Å². The average molecular weight is 563 g/mol. The summed E-state index contributed by atoms with van der Waals surface area (Å²) in [5.74, 6) is -1.96. The van der Waals surface area contributed by atoms with E-state index in [1.165, 1.54) is 0 Å². The first-order valence-corrected chi connectivity index (χ1v) is 13.3. The Morgan fingerprint density at radius 1 is 0.800 bits per heavy atom. The van der Waals surface area contributed by atoms with Crippen molar-refractivity contribution in [3.8, 4) is 0 Å². The fourth-order valence-corrected chi connectivity index (χ4v) is 3.53. The summed E-state index contributed by atoms with van der Waals surface area (Å²) < 4.78 is 11.1. The maximum absolute atomic E-state index is 13.4. The maximum atomic E-state index is 13.4. The molecule has 13 heteroatoms. The van der Waals surface area contributed by atoms with E-state index >= 15 is 0 Å². The highest BCUT2D eigenvalue weighted by molar-refractivity contribution is 6.02. The Kier molecular flexibility index (Phi) is 13.2. The monoisotopic (exact) mass is 562 g/mol. The van der Waals surface area contributed by atoms with Crippen molar-refractivity contribution in [1.82, 2.24) is 16.0 Å². The number of benzene rings is 1. The number of nitrogens with two attached hydrogens (primary N) is 2. The standard InChI is InChI=1S/C27H46N8O5/c1-26(2,3)39-22(37)19(13-9-15-32-24(28)29)34-18-12-8-7-11-17(18)21(36)35-20(14-10-16-33-25(30)31)23(38)40-27(4,5)6/h7-8,11-12,19-20,34H,9-10,13-16H2,1-6H3,(H,35,36)(H4,28,29,32)(H4,30,31,33)/t19-,20-/m0/s1. The molecule has 1 rings (SSSR count). The van der Waals surface area contributed by atoms with E-state index in [2.05, 4.69) is 21.3 Å². The molecule has 0 heterocycles. The Labute approximate surface area is 236 Å². The van der Waals surface area contributed by atoms with Crippen molar-refractivity contribution in [3.63, 3.8) is 0 Å². The van der Waals surface area contributed by atoms with Crippen LogP contribution in [0.5, 0.6) is 0 Å². The molecule has 0 unspecified atom stereocenters. The molecule has 13 nitrogen and oxygen atoms in total. The Morgan fingerprint density at radius 3 is 1.73 bits per heavy atom. The predicted molar refractivity (Wildman–Crippen MR) is 155 cm³/mol.